The Morgan fingerprint density at radius 3 is 2.75 bits per heavy atom. The van der Waals surface area contributed by atoms with Gasteiger partial charge in [-0.3, -0.25) is 9.59 Å². The normalized spacial score (nSPS) is 20.6. The third-order valence-corrected chi connectivity index (χ3v) is 3.07. The van der Waals surface area contributed by atoms with E-state index in [1.165, 1.54) is 0 Å². The van der Waals surface area contributed by atoms with Crippen molar-refractivity contribution in [3.8, 4) is 0 Å². The summed E-state index contributed by atoms with van der Waals surface area (Å²) in [5, 5.41) is 9.86. The minimum absolute atomic E-state index is 0.135. The molecule has 7 nitrogen and oxygen atoms in total. The van der Waals surface area contributed by atoms with Gasteiger partial charge < -0.3 is 10.6 Å². The van der Waals surface area contributed by atoms with E-state index in [1.807, 2.05) is 0 Å². The highest BCUT2D eigenvalue weighted by molar-refractivity contribution is 7.89. The van der Waals surface area contributed by atoms with Gasteiger partial charge in [-0.1, -0.05) is 0 Å². The molecule has 0 radical (unpaired) electrons. The van der Waals surface area contributed by atoms with Gasteiger partial charge in [0.1, 0.15) is 6.04 Å². The standard InChI is InChI=1S/C8H15N3O4S/c9-16(14,15)5-1-4-10-8(13)6-2-3-7(12)11-6/h6H,1-5H2,(H,10,13)(H,11,12)(H2,9,14,15). The van der Waals surface area contributed by atoms with E-state index >= 15 is 0 Å². The zero-order chi connectivity index (χ0) is 12.2. The van der Waals surface area contributed by atoms with E-state index in [0.717, 1.165) is 0 Å². The molecule has 0 bridgehead atoms. The third kappa shape index (κ3) is 4.58. The number of nitrogens with two attached hydrogens (primary N) is 1. The summed E-state index contributed by atoms with van der Waals surface area (Å²) < 4.78 is 21.2. The van der Waals surface area contributed by atoms with E-state index in [1.54, 1.807) is 0 Å². The van der Waals surface area contributed by atoms with Crippen molar-refractivity contribution in [2.45, 2.75) is 25.3 Å². The quantitative estimate of drug-likeness (QED) is 0.491. The van der Waals surface area contributed by atoms with Gasteiger partial charge in [0, 0.05) is 13.0 Å². The second kappa shape index (κ2) is 5.26. The molecule has 1 saturated heterocycles. The highest BCUT2D eigenvalue weighted by Crippen LogP contribution is 2.05. The first-order valence-corrected chi connectivity index (χ1v) is 6.67. The van der Waals surface area contributed by atoms with Crippen molar-refractivity contribution < 1.29 is 18.0 Å². The monoisotopic (exact) mass is 249 g/mol. The van der Waals surface area contributed by atoms with Crippen LogP contribution in [0.15, 0.2) is 0 Å². The molecule has 1 aliphatic heterocycles. The molecule has 0 aromatic carbocycles. The number of hydrogen-bond acceptors (Lipinski definition) is 4. The van der Waals surface area contributed by atoms with Crippen LogP contribution in [-0.2, 0) is 19.6 Å². The van der Waals surface area contributed by atoms with E-state index in [4.69, 9.17) is 5.14 Å². The zero-order valence-electron chi connectivity index (χ0n) is 8.73. The first-order valence-electron chi connectivity index (χ1n) is 4.96. The van der Waals surface area contributed by atoms with Crippen molar-refractivity contribution in [3.05, 3.63) is 0 Å². The van der Waals surface area contributed by atoms with Crippen LogP contribution in [0.2, 0.25) is 0 Å². The molecule has 4 N–H and O–H groups in total. The van der Waals surface area contributed by atoms with Gasteiger partial charge in [0.05, 0.1) is 5.75 Å². The van der Waals surface area contributed by atoms with E-state index in [0.29, 0.717) is 12.8 Å². The number of amides is 2. The number of primary sulfonamides is 1. The Balaban J connectivity index is 2.18. The Morgan fingerprint density at radius 2 is 2.25 bits per heavy atom. The van der Waals surface area contributed by atoms with Crippen LogP contribution in [0.25, 0.3) is 0 Å². The fourth-order valence-electron chi connectivity index (χ4n) is 1.42. The van der Waals surface area contributed by atoms with E-state index < -0.39 is 16.1 Å². The topological polar surface area (TPSA) is 118 Å². The largest absolute Gasteiger partial charge is 0.354 e. The minimum atomic E-state index is -3.47. The molecule has 0 saturated carbocycles. The smallest absolute Gasteiger partial charge is 0.242 e. The zero-order valence-corrected chi connectivity index (χ0v) is 9.55. The molecule has 8 heteroatoms. The molecule has 1 heterocycles. The molecule has 0 spiro atoms. The SMILES string of the molecule is NS(=O)(=O)CCCNC(=O)C1CCC(=O)N1. The van der Waals surface area contributed by atoms with E-state index in [9.17, 15) is 18.0 Å². The van der Waals surface area contributed by atoms with Crippen LogP contribution in [0.1, 0.15) is 19.3 Å². The lowest BCUT2D eigenvalue weighted by atomic mass is 10.2. The molecule has 1 rings (SSSR count). The molecule has 92 valence electrons. The summed E-state index contributed by atoms with van der Waals surface area (Å²) in [5.41, 5.74) is 0. The number of nitrogens with one attached hydrogen (secondary N) is 2. The van der Waals surface area contributed by atoms with Gasteiger partial charge in [-0.15, -0.1) is 0 Å². The lowest BCUT2D eigenvalue weighted by Crippen LogP contribution is -2.42. The Morgan fingerprint density at radius 1 is 1.56 bits per heavy atom. The van der Waals surface area contributed by atoms with Gasteiger partial charge in [-0.05, 0) is 12.8 Å². The molecule has 0 aromatic heterocycles. The second-order valence-corrected chi connectivity index (χ2v) is 5.40. The maximum Gasteiger partial charge on any atom is 0.242 e. The maximum absolute atomic E-state index is 11.4. The minimum Gasteiger partial charge on any atom is -0.354 e. The Bertz CT molecular complexity index is 379. The van der Waals surface area contributed by atoms with Gasteiger partial charge in [0.15, 0.2) is 0 Å². The molecule has 1 fully saturated rings. The second-order valence-electron chi connectivity index (χ2n) is 3.67. The lowest BCUT2D eigenvalue weighted by Gasteiger charge is -2.10. The van der Waals surface area contributed by atoms with Gasteiger partial charge in [0.2, 0.25) is 21.8 Å². The first kappa shape index (κ1) is 12.9. The van der Waals surface area contributed by atoms with Crippen LogP contribution in [0.5, 0.6) is 0 Å². The molecule has 1 unspecified atom stereocenters. The molecular weight excluding hydrogens is 234 g/mol. The van der Waals surface area contributed by atoms with E-state index in [2.05, 4.69) is 10.6 Å². The number of hydrogen-bond donors (Lipinski definition) is 3. The van der Waals surface area contributed by atoms with Crippen molar-refractivity contribution in [3.63, 3.8) is 0 Å². The third-order valence-electron chi connectivity index (χ3n) is 2.22. The molecule has 2 amide bonds. The Hall–Kier alpha value is -1.15. The molecule has 0 aliphatic carbocycles. The van der Waals surface area contributed by atoms with Gasteiger partial charge in [-0.25, -0.2) is 13.6 Å². The van der Waals surface area contributed by atoms with Crippen molar-refractivity contribution in [1.29, 1.82) is 0 Å². The molecule has 16 heavy (non-hydrogen) atoms. The average molecular weight is 249 g/mol. The van der Waals surface area contributed by atoms with Crippen molar-refractivity contribution in [2.75, 3.05) is 12.3 Å². The predicted molar refractivity (Wildman–Crippen MR) is 56.8 cm³/mol. The number of carbonyl (C=O) groups is 2. The number of rotatable bonds is 5. The van der Waals surface area contributed by atoms with Crippen molar-refractivity contribution in [1.82, 2.24) is 10.6 Å². The van der Waals surface area contributed by atoms with Crippen LogP contribution in [0, 0.1) is 0 Å². The summed E-state index contributed by atoms with van der Waals surface area (Å²) in [4.78, 5) is 22.2. The van der Waals surface area contributed by atoms with Crippen LogP contribution in [0.3, 0.4) is 0 Å². The maximum atomic E-state index is 11.4. The van der Waals surface area contributed by atoms with Crippen molar-refractivity contribution in [2.24, 2.45) is 5.14 Å². The lowest BCUT2D eigenvalue weighted by molar-refractivity contribution is -0.125. The molecule has 1 aliphatic rings. The summed E-state index contributed by atoms with van der Waals surface area (Å²) in [6.45, 7) is 0.238. The molecular formula is C8H15N3O4S. The summed E-state index contributed by atoms with van der Waals surface area (Å²) in [5.74, 6) is -0.574. The summed E-state index contributed by atoms with van der Waals surface area (Å²) >= 11 is 0. The Labute approximate surface area is 93.8 Å². The van der Waals surface area contributed by atoms with Gasteiger partial charge in [-0.2, -0.15) is 0 Å². The van der Waals surface area contributed by atoms with Crippen LogP contribution in [-0.4, -0.2) is 38.6 Å². The van der Waals surface area contributed by atoms with Crippen LogP contribution < -0.4 is 15.8 Å². The average Bonchev–Trinajstić information content (AvgIpc) is 2.57. The highest BCUT2D eigenvalue weighted by Gasteiger charge is 2.26. The summed E-state index contributed by atoms with van der Waals surface area (Å²) in [6, 6.07) is -0.484. The van der Waals surface area contributed by atoms with Crippen molar-refractivity contribution >= 4 is 21.8 Å². The van der Waals surface area contributed by atoms with Gasteiger partial charge >= 0.3 is 0 Å². The fourth-order valence-corrected chi connectivity index (χ4v) is 1.97. The number of carbonyl (C=O) groups excluding carboxylic acids is 2. The first-order chi connectivity index (χ1) is 7.38. The molecule has 1 atom stereocenters. The highest BCUT2D eigenvalue weighted by atomic mass is 32.2. The predicted octanol–water partition coefficient (Wildman–Crippen LogP) is -1.94. The van der Waals surface area contributed by atoms with E-state index in [-0.39, 0.29) is 30.5 Å². The van der Waals surface area contributed by atoms with Crippen LogP contribution in [0.4, 0.5) is 0 Å². The van der Waals surface area contributed by atoms with Gasteiger partial charge in [0.25, 0.3) is 0 Å². The summed E-state index contributed by atoms with van der Waals surface area (Å²) in [7, 11) is -3.47. The Kier molecular flexibility index (Phi) is 4.25. The van der Waals surface area contributed by atoms with Crippen LogP contribution >= 0.6 is 0 Å². The molecule has 0 aromatic rings. The summed E-state index contributed by atoms with van der Waals surface area (Å²) in [6.07, 6.45) is 1.11. The fraction of sp³-hybridized carbons (Fsp3) is 0.750. The number of sulfonamides is 1.